The number of ether oxygens (including phenoxy) is 2. The molecule has 0 aliphatic carbocycles. The minimum absolute atomic E-state index is 0. The van der Waals surface area contributed by atoms with Gasteiger partial charge in [-0.15, -0.1) is 24.0 Å². The molecule has 0 radical (unpaired) electrons. The second-order valence-electron chi connectivity index (χ2n) is 5.96. The number of likely N-dealkylation sites (tertiary alicyclic amines) is 1. The van der Waals surface area contributed by atoms with E-state index in [1.54, 1.807) is 7.05 Å². The van der Waals surface area contributed by atoms with Gasteiger partial charge in [0, 0.05) is 26.7 Å². The number of nitrogens with one attached hydrogen (secondary N) is 1. The molecule has 0 spiro atoms. The van der Waals surface area contributed by atoms with Crippen LogP contribution in [0, 0.1) is 0 Å². The Morgan fingerprint density at radius 3 is 2.52 bits per heavy atom. The molecule has 1 N–H and O–H groups in total. The number of benzene rings is 1. The van der Waals surface area contributed by atoms with Crippen molar-refractivity contribution in [2.24, 2.45) is 4.99 Å². The third-order valence-electron chi connectivity index (χ3n) is 4.19. The molecule has 9 heteroatoms. The van der Waals surface area contributed by atoms with Gasteiger partial charge >= 0.3 is 6.18 Å². The summed E-state index contributed by atoms with van der Waals surface area (Å²) in [6.45, 7) is 4.86. The van der Waals surface area contributed by atoms with Crippen molar-refractivity contribution in [1.29, 1.82) is 0 Å². The highest BCUT2D eigenvalue weighted by Crippen LogP contribution is 2.35. The maximum Gasteiger partial charge on any atom is 0.419 e. The van der Waals surface area contributed by atoms with E-state index < -0.39 is 11.7 Å². The number of aliphatic imine (C=N–C) groups is 1. The summed E-state index contributed by atoms with van der Waals surface area (Å²) < 4.78 is 49.8. The Morgan fingerprint density at radius 1 is 1.26 bits per heavy atom. The van der Waals surface area contributed by atoms with Crippen molar-refractivity contribution in [2.45, 2.75) is 32.0 Å². The standard InChI is InChI=1S/C18H26F3N3O2.HI/c1-3-25-14-8-11-24(12-9-14)17(22-2)23-10-13-26-16-7-5-4-6-15(16)18(19,20)21;/h4-7,14H,3,8-13H2,1-2H3,(H,22,23);1H. The van der Waals surface area contributed by atoms with Crippen molar-refractivity contribution in [3.8, 4) is 5.75 Å². The fourth-order valence-electron chi connectivity index (χ4n) is 2.95. The molecule has 0 saturated carbocycles. The average Bonchev–Trinajstić information content (AvgIpc) is 2.62. The van der Waals surface area contributed by atoms with Crippen molar-refractivity contribution in [3.05, 3.63) is 29.8 Å². The Kier molecular flexibility index (Phi) is 10.2. The molecular weight excluding hydrogens is 474 g/mol. The van der Waals surface area contributed by atoms with E-state index in [0.717, 1.165) is 38.0 Å². The minimum atomic E-state index is -4.43. The number of piperidine rings is 1. The number of guanidine groups is 1. The molecule has 1 aliphatic heterocycles. The normalized spacial score (nSPS) is 16.0. The first-order valence-corrected chi connectivity index (χ1v) is 8.82. The summed E-state index contributed by atoms with van der Waals surface area (Å²) in [7, 11) is 1.69. The van der Waals surface area contributed by atoms with Gasteiger partial charge in [0.1, 0.15) is 12.4 Å². The van der Waals surface area contributed by atoms with Gasteiger partial charge in [0.15, 0.2) is 5.96 Å². The van der Waals surface area contributed by atoms with E-state index in [0.29, 0.717) is 13.2 Å². The van der Waals surface area contributed by atoms with E-state index in [9.17, 15) is 13.2 Å². The van der Waals surface area contributed by atoms with Gasteiger partial charge in [-0.3, -0.25) is 4.99 Å². The van der Waals surface area contributed by atoms with Gasteiger partial charge in [-0.2, -0.15) is 13.2 Å². The largest absolute Gasteiger partial charge is 0.491 e. The number of rotatable bonds is 6. The van der Waals surface area contributed by atoms with E-state index in [1.165, 1.54) is 18.2 Å². The molecular formula is C18H27F3IN3O2. The number of hydrogen-bond donors (Lipinski definition) is 1. The topological polar surface area (TPSA) is 46.1 Å². The third-order valence-corrected chi connectivity index (χ3v) is 4.19. The van der Waals surface area contributed by atoms with Gasteiger partial charge in [-0.25, -0.2) is 0 Å². The van der Waals surface area contributed by atoms with Crippen molar-refractivity contribution in [3.63, 3.8) is 0 Å². The Hall–Kier alpha value is -1.23. The molecule has 0 bridgehead atoms. The molecule has 1 aromatic carbocycles. The summed E-state index contributed by atoms with van der Waals surface area (Å²) in [6, 6.07) is 5.22. The van der Waals surface area contributed by atoms with E-state index >= 15 is 0 Å². The Labute approximate surface area is 175 Å². The van der Waals surface area contributed by atoms with E-state index in [1.807, 2.05) is 6.92 Å². The predicted molar refractivity (Wildman–Crippen MR) is 110 cm³/mol. The molecule has 1 aliphatic rings. The van der Waals surface area contributed by atoms with E-state index in [4.69, 9.17) is 9.47 Å². The summed E-state index contributed by atoms with van der Waals surface area (Å²) in [6.07, 6.45) is -2.27. The van der Waals surface area contributed by atoms with E-state index in [-0.39, 0.29) is 42.4 Å². The zero-order chi connectivity index (χ0) is 19.0. The van der Waals surface area contributed by atoms with Gasteiger partial charge in [0.25, 0.3) is 0 Å². The van der Waals surface area contributed by atoms with Crippen LogP contribution < -0.4 is 10.1 Å². The van der Waals surface area contributed by atoms with Gasteiger partial charge in [0.2, 0.25) is 0 Å². The highest BCUT2D eigenvalue weighted by molar-refractivity contribution is 14.0. The Bertz CT molecular complexity index is 591. The van der Waals surface area contributed by atoms with E-state index in [2.05, 4.69) is 15.2 Å². The van der Waals surface area contributed by atoms with Crippen LogP contribution in [0.25, 0.3) is 0 Å². The second kappa shape index (κ2) is 11.6. The summed E-state index contributed by atoms with van der Waals surface area (Å²) in [4.78, 5) is 6.36. The fourth-order valence-corrected chi connectivity index (χ4v) is 2.95. The van der Waals surface area contributed by atoms with Crippen molar-refractivity contribution < 1.29 is 22.6 Å². The second-order valence-corrected chi connectivity index (χ2v) is 5.96. The lowest BCUT2D eigenvalue weighted by Crippen LogP contribution is -2.47. The number of alkyl halides is 3. The van der Waals surface area contributed by atoms with Crippen LogP contribution in [-0.2, 0) is 10.9 Å². The lowest BCUT2D eigenvalue weighted by Gasteiger charge is -2.34. The predicted octanol–water partition coefficient (Wildman–Crippen LogP) is 3.78. The highest BCUT2D eigenvalue weighted by atomic mass is 127. The Balaban J connectivity index is 0.00000364. The number of hydrogen-bond acceptors (Lipinski definition) is 3. The van der Waals surface area contributed by atoms with Crippen LogP contribution in [0.1, 0.15) is 25.3 Å². The molecule has 1 fully saturated rings. The first-order valence-electron chi connectivity index (χ1n) is 8.82. The van der Waals surface area contributed by atoms with Crippen LogP contribution in [0.15, 0.2) is 29.3 Å². The van der Waals surface area contributed by atoms with Crippen LogP contribution in [0.4, 0.5) is 13.2 Å². The third kappa shape index (κ3) is 7.36. The molecule has 27 heavy (non-hydrogen) atoms. The lowest BCUT2D eigenvalue weighted by atomic mass is 10.1. The first-order chi connectivity index (χ1) is 12.5. The first kappa shape index (κ1) is 23.8. The number of para-hydroxylation sites is 1. The molecule has 5 nitrogen and oxygen atoms in total. The summed E-state index contributed by atoms with van der Waals surface area (Å²) >= 11 is 0. The summed E-state index contributed by atoms with van der Waals surface area (Å²) in [5, 5.41) is 3.14. The molecule has 1 aromatic rings. The van der Waals surface area contributed by atoms with Gasteiger partial charge in [-0.1, -0.05) is 12.1 Å². The molecule has 1 heterocycles. The minimum Gasteiger partial charge on any atom is -0.491 e. The fraction of sp³-hybridized carbons (Fsp3) is 0.611. The lowest BCUT2D eigenvalue weighted by molar-refractivity contribution is -0.138. The molecule has 0 aromatic heterocycles. The molecule has 154 valence electrons. The molecule has 2 rings (SSSR count). The van der Waals surface area contributed by atoms with Crippen LogP contribution >= 0.6 is 24.0 Å². The maximum absolute atomic E-state index is 12.9. The van der Waals surface area contributed by atoms with Crippen LogP contribution in [0.5, 0.6) is 5.75 Å². The monoisotopic (exact) mass is 501 g/mol. The SMILES string of the molecule is CCOC1CCN(C(=NC)NCCOc2ccccc2C(F)(F)F)CC1.I. The van der Waals surface area contributed by atoms with Crippen LogP contribution in [0.3, 0.4) is 0 Å². The molecule has 0 atom stereocenters. The maximum atomic E-state index is 12.9. The molecule has 0 unspecified atom stereocenters. The van der Waals surface area contributed by atoms with Crippen molar-refractivity contribution in [2.75, 3.05) is 39.9 Å². The quantitative estimate of drug-likeness (QED) is 0.279. The van der Waals surface area contributed by atoms with Gasteiger partial charge in [-0.05, 0) is 31.9 Å². The highest BCUT2D eigenvalue weighted by Gasteiger charge is 2.34. The average molecular weight is 501 g/mol. The van der Waals surface area contributed by atoms with Gasteiger partial charge in [0.05, 0.1) is 18.2 Å². The molecule has 0 amide bonds. The van der Waals surface area contributed by atoms with Crippen molar-refractivity contribution in [1.82, 2.24) is 10.2 Å². The van der Waals surface area contributed by atoms with Gasteiger partial charge < -0.3 is 19.7 Å². The Morgan fingerprint density at radius 2 is 1.93 bits per heavy atom. The zero-order valence-electron chi connectivity index (χ0n) is 15.6. The number of nitrogens with zero attached hydrogens (tertiary/aromatic N) is 2. The molecule has 1 saturated heterocycles. The summed E-state index contributed by atoms with van der Waals surface area (Å²) in [5.74, 6) is 0.571. The zero-order valence-corrected chi connectivity index (χ0v) is 17.9. The summed E-state index contributed by atoms with van der Waals surface area (Å²) in [5.41, 5.74) is -0.762. The van der Waals surface area contributed by atoms with Crippen LogP contribution in [-0.4, -0.2) is 56.9 Å². The van der Waals surface area contributed by atoms with Crippen molar-refractivity contribution >= 4 is 29.9 Å². The number of halogens is 4. The smallest absolute Gasteiger partial charge is 0.419 e. The van der Waals surface area contributed by atoms with Crippen LogP contribution in [0.2, 0.25) is 0 Å².